The van der Waals surface area contributed by atoms with E-state index in [0.717, 1.165) is 5.56 Å². The monoisotopic (exact) mass is 333 g/mol. The van der Waals surface area contributed by atoms with Crippen LogP contribution in [0.4, 0.5) is 0 Å². The average Bonchev–Trinajstić information content (AvgIpc) is 2.82. The molecule has 2 aliphatic heterocycles. The minimum Gasteiger partial charge on any atom is -0.410 e. The van der Waals surface area contributed by atoms with Crippen LogP contribution in [0.15, 0.2) is 34.4 Å². The van der Waals surface area contributed by atoms with Crippen molar-refractivity contribution in [2.24, 2.45) is 10.1 Å². The van der Waals surface area contributed by atoms with Crippen LogP contribution in [-0.4, -0.2) is 50.5 Å². The minimum atomic E-state index is -0.500. The molecule has 0 aliphatic carbocycles. The summed E-state index contributed by atoms with van der Waals surface area (Å²) in [4.78, 5) is 20.0. The van der Waals surface area contributed by atoms with Gasteiger partial charge in [-0.1, -0.05) is 28.9 Å². The zero-order valence-corrected chi connectivity index (χ0v) is 13.4. The lowest BCUT2D eigenvalue weighted by Gasteiger charge is -2.36. The Bertz CT molecular complexity index is 728. The summed E-state index contributed by atoms with van der Waals surface area (Å²) in [6, 6.07) is 6.96. The number of aliphatic imine (C=N–C) groups is 1. The molecule has 120 valence electrons. The van der Waals surface area contributed by atoms with E-state index in [2.05, 4.69) is 10.1 Å². The second-order valence-electron chi connectivity index (χ2n) is 5.60. The van der Waals surface area contributed by atoms with Crippen molar-refractivity contribution in [3.8, 4) is 0 Å². The maximum absolute atomic E-state index is 12.4. The Kier molecular flexibility index (Phi) is 3.81. The summed E-state index contributed by atoms with van der Waals surface area (Å²) < 4.78 is 0. The molecule has 3 rings (SSSR count). The quantitative estimate of drug-likeness (QED) is 0.640. The van der Waals surface area contributed by atoms with Gasteiger partial charge in [0.05, 0.1) is 18.6 Å². The molecule has 2 N–H and O–H groups in total. The molecule has 8 heteroatoms. The van der Waals surface area contributed by atoms with E-state index < -0.39 is 5.91 Å². The van der Waals surface area contributed by atoms with Crippen LogP contribution in [0, 0.1) is 5.41 Å². The molecule has 0 bridgehead atoms. The Balaban J connectivity index is 1.99. The molecule has 0 aromatic heterocycles. The Labute approximate surface area is 138 Å². The van der Waals surface area contributed by atoms with Gasteiger partial charge in [-0.05, 0) is 31.5 Å². The Morgan fingerprint density at radius 2 is 2.00 bits per heavy atom. The molecule has 1 aromatic carbocycles. The van der Waals surface area contributed by atoms with Crippen LogP contribution in [0.2, 0.25) is 5.02 Å². The number of hydrogen-bond donors (Lipinski definition) is 2. The second kappa shape index (κ2) is 5.66. The lowest BCUT2D eigenvalue weighted by atomic mass is 10.1. The average molecular weight is 334 g/mol. The third-order valence-electron chi connectivity index (χ3n) is 4.15. The summed E-state index contributed by atoms with van der Waals surface area (Å²) in [6.45, 7) is 4.11. The lowest BCUT2D eigenvalue weighted by Crippen LogP contribution is -2.60. The van der Waals surface area contributed by atoms with Crippen molar-refractivity contribution in [1.29, 1.82) is 5.41 Å². The van der Waals surface area contributed by atoms with Gasteiger partial charge in [0, 0.05) is 5.02 Å². The van der Waals surface area contributed by atoms with Crippen molar-refractivity contribution >= 4 is 35.0 Å². The highest BCUT2D eigenvalue weighted by Gasteiger charge is 2.46. The Morgan fingerprint density at radius 3 is 2.61 bits per heavy atom. The van der Waals surface area contributed by atoms with Gasteiger partial charge in [0.1, 0.15) is 0 Å². The van der Waals surface area contributed by atoms with Gasteiger partial charge in [-0.15, -0.1) is 0 Å². The number of halogens is 1. The summed E-state index contributed by atoms with van der Waals surface area (Å²) in [6.07, 6.45) is 0. The second-order valence-corrected chi connectivity index (χ2v) is 6.03. The Hall–Kier alpha value is -2.41. The van der Waals surface area contributed by atoms with E-state index >= 15 is 0 Å². The molecule has 1 aromatic rings. The summed E-state index contributed by atoms with van der Waals surface area (Å²) >= 11 is 5.89. The first kappa shape index (κ1) is 15.5. The van der Waals surface area contributed by atoms with Crippen molar-refractivity contribution in [3.63, 3.8) is 0 Å². The summed E-state index contributed by atoms with van der Waals surface area (Å²) in [5.41, 5.74) is 0.625. The van der Waals surface area contributed by atoms with Crippen LogP contribution in [0.25, 0.3) is 0 Å². The summed E-state index contributed by atoms with van der Waals surface area (Å²) in [5, 5.41) is 21.0. The fourth-order valence-electron chi connectivity index (χ4n) is 2.68. The standard InChI is InChI=1S/C15H16ClN5O2/c1-8-9(2)21-14(22)12(19-23)13(17)20(15(21)18-8)7-10-3-5-11(16)6-4-10/h3-6,8-9,17,23H,7H2,1-2H3. The molecule has 0 radical (unpaired) electrons. The molecule has 1 fully saturated rings. The number of carbonyl (C=O) groups is 1. The number of oxime groups is 1. The normalized spacial score (nSPS) is 25.9. The smallest absolute Gasteiger partial charge is 0.286 e. The topological polar surface area (TPSA) is 92.4 Å². The van der Waals surface area contributed by atoms with Crippen molar-refractivity contribution in [1.82, 2.24) is 9.80 Å². The van der Waals surface area contributed by atoms with Gasteiger partial charge in [-0.3, -0.25) is 20.0 Å². The van der Waals surface area contributed by atoms with Crippen molar-refractivity contribution in [2.45, 2.75) is 32.5 Å². The molecular formula is C15H16ClN5O2. The van der Waals surface area contributed by atoms with Crippen LogP contribution < -0.4 is 0 Å². The number of nitrogens with one attached hydrogen (secondary N) is 1. The third-order valence-corrected chi connectivity index (χ3v) is 4.40. The van der Waals surface area contributed by atoms with E-state index in [9.17, 15) is 4.79 Å². The first-order valence-electron chi connectivity index (χ1n) is 7.18. The molecule has 2 atom stereocenters. The zero-order chi connectivity index (χ0) is 16.7. The van der Waals surface area contributed by atoms with Crippen LogP contribution in [-0.2, 0) is 11.3 Å². The first-order valence-corrected chi connectivity index (χ1v) is 7.56. The predicted octanol–water partition coefficient (Wildman–Crippen LogP) is 1.94. The summed E-state index contributed by atoms with van der Waals surface area (Å²) in [7, 11) is 0. The van der Waals surface area contributed by atoms with Gasteiger partial charge in [0.15, 0.2) is 5.84 Å². The molecule has 1 amide bonds. The van der Waals surface area contributed by atoms with Crippen LogP contribution in [0.1, 0.15) is 19.4 Å². The maximum atomic E-state index is 12.4. The van der Waals surface area contributed by atoms with E-state index in [0.29, 0.717) is 17.5 Å². The van der Waals surface area contributed by atoms with Gasteiger partial charge in [0.25, 0.3) is 5.91 Å². The van der Waals surface area contributed by atoms with Gasteiger partial charge in [-0.25, -0.2) is 4.99 Å². The van der Waals surface area contributed by atoms with Crippen LogP contribution in [0.5, 0.6) is 0 Å². The number of hydrogen-bond acceptors (Lipinski definition) is 5. The van der Waals surface area contributed by atoms with Gasteiger partial charge in [0.2, 0.25) is 11.7 Å². The van der Waals surface area contributed by atoms with Crippen molar-refractivity contribution in [3.05, 3.63) is 34.9 Å². The number of guanidine groups is 1. The van der Waals surface area contributed by atoms with E-state index in [1.807, 2.05) is 26.0 Å². The number of rotatable bonds is 2. The van der Waals surface area contributed by atoms with Crippen molar-refractivity contribution < 1.29 is 10.0 Å². The number of carbonyl (C=O) groups excluding carboxylic acids is 1. The molecule has 0 spiro atoms. The molecule has 23 heavy (non-hydrogen) atoms. The van der Waals surface area contributed by atoms with E-state index in [1.54, 1.807) is 17.0 Å². The first-order chi connectivity index (χ1) is 10.9. The maximum Gasteiger partial charge on any atom is 0.286 e. The van der Waals surface area contributed by atoms with Gasteiger partial charge in [-0.2, -0.15) is 0 Å². The van der Waals surface area contributed by atoms with Crippen molar-refractivity contribution in [2.75, 3.05) is 0 Å². The number of amides is 1. The highest BCUT2D eigenvalue weighted by atomic mass is 35.5. The number of nitrogens with zero attached hydrogens (tertiary/aromatic N) is 4. The SMILES string of the molecule is CC1N=C2N(Cc3ccc(Cl)cc3)C(=N)C(=NO)C(=O)N2C1C. The zero-order valence-electron chi connectivity index (χ0n) is 12.7. The summed E-state index contributed by atoms with van der Waals surface area (Å²) in [5.74, 6) is -0.244. The van der Waals surface area contributed by atoms with Gasteiger partial charge >= 0.3 is 0 Å². The van der Waals surface area contributed by atoms with Gasteiger partial charge < -0.3 is 5.21 Å². The molecule has 0 saturated carbocycles. The largest absolute Gasteiger partial charge is 0.410 e. The van der Waals surface area contributed by atoms with E-state index in [-0.39, 0.29) is 23.6 Å². The Morgan fingerprint density at radius 1 is 1.35 bits per heavy atom. The van der Waals surface area contributed by atoms with E-state index in [1.165, 1.54) is 4.90 Å². The van der Waals surface area contributed by atoms with Crippen LogP contribution >= 0.6 is 11.6 Å². The number of amidine groups is 1. The number of benzene rings is 1. The van der Waals surface area contributed by atoms with Crippen LogP contribution in [0.3, 0.4) is 0 Å². The molecule has 2 aliphatic rings. The molecule has 7 nitrogen and oxygen atoms in total. The number of fused-ring (bicyclic) bond motifs is 1. The molecule has 2 heterocycles. The minimum absolute atomic E-state index is 0.0903. The third kappa shape index (κ3) is 2.46. The molecule has 2 unspecified atom stereocenters. The predicted molar refractivity (Wildman–Crippen MR) is 87.1 cm³/mol. The highest BCUT2D eigenvalue weighted by Crippen LogP contribution is 2.25. The fraction of sp³-hybridized carbons (Fsp3) is 0.333. The van der Waals surface area contributed by atoms with E-state index in [4.69, 9.17) is 22.2 Å². The fourth-order valence-corrected chi connectivity index (χ4v) is 2.81. The highest BCUT2D eigenvalue weighted by molar-refractivity contribution is 6.69. The molecule has 1 saturated heterocycles. The lowest BCUT2D eigenvalue weighted by molar-refractivity contribution is -0.122. The molecular weight excluding hydrogens is 318 g/mol.